The van der Waals surface area contributed by atoms with E-state index in [1.54, 1.807) is 58.5 Å². The summed E-state index contributed by atoms with van der Waals surface area (Å²) in [5.41, 5.74) is 4.92. The number of nitrogens with one attached hydrogen (secondary N) is 2. The molecule has 0 bridgehead atoms. The molecule has 0 saturated carbocycles. The highest BCUT2D eigenvalue weighted by Crippen LogP contribution is 2.36. The Morgan fingerprint density at radius 3 is 2.49 bits per heavy atom. The van der Waals surface area contributed by atoms with Crippen molar-refractivity contribution in [1.29, 1.82) is 0 Å². The second-order valence-electron chi connectivity index (χ2n) is 9.11. The lowest BCUT2D eigenvalue weighted by molar-refractivity contribution is 0.0961. The standard InChI is InChI=1S/C29H27N5O5/c1-16-14-34-15-20(22-10-9-18(13-24(22)38-5)25-17(2)39-33(4)29(25)37)12-23(34)26(31-16)28(36)32-21-8-6-7-19(11-21)27(35)30-3/h6-15H,1-5H3,(H,30,35)(H,32,36). The van der Waals surface area contributed by atoms with Gasteiger partial charge >= 0.3 is 0 Å². The number of methoxy groups -OCH3 is 1. The maximum absolute atomic E-state index is 13.3. The van der Waals surface area contributed by atoms with E-state index >= 15 is 0 Å². The van der Waals surface area contributed by atoms with E-state index in [4.69, 9.17) is 9.26 Å². The summed E-state index contributed by atoms with van der Waals surface area (Å²) in [5, 5.41) is 5.42. The Morgan fingerprint density at radius 1 is 1.00 bits per heavy atom. The smallest absolute Gasteiger partial charge is 0.290 e. The first kappa shape index (κ1) is 25.5. The van der Waals surface area contributed by atoms with Crippen LogP contribution in [0.5, 0.6) is 5.75 Å². The quantitative estimate of drug-likeness (QED) is 0.343. The molecule has 0 fully saturated rings. The third-order valence-corrected chi connectivity index (χ3v) is 6.46. The fourth-order valence-corrected chi connectivity index (χ4v) is 4.64. The molecule has 2 amide bonds. The number of aryl methyl sites for hydroxylation is 3. The van der Waals surface area contributed by atoms with E-state index in [1.165, 1.54) is 4.74 Å². The van der Waals surface area contributed by atoms with Crippen LogP contribution in [0.4, 0.5) is 5.69 Å². The van der Waals surface area contributed by atoms with Crippen LogP contribution in [0.25, 0.3) is 27.8 Å². The summed E-state index contributed by atoms with van der Waals surface area (Å²) in [7, 11) is 4.68. The zero-order valence-electron chi connectivity index (χ0n) is 22.2. The number of ether oxygens (including phenoxy) is 1. The number of anilines is 1. The normalized spacial score (nSPS) is 11.0. The lowest BCUT2D eigenvalue weighted by Crippen LogP contribution is -2.19. The Bertz CT molecular complexity index is 1810. The Hall–Kier alpha value is -5.12. The predicted octanol–water partition coefficient (Wildman–Crippen LogP) is 4.20. The van der Waals surface area contributed by atoms with E-state index in [2.05, 4.69) is 15.6 Å². The number of nitrogens with zero attached hydrogens (tertiary/aromatic N) is 3. The Balaban J connectivity index is 1.53. The number of benzene rings is 2. The van der Waals surface area contributed by atoms with Crippen LogP contribution in [0.15, 0.2) is 70.2 Å². The van der Waals surface area contributed by atoms with Gasteiger partial charge in [0.2, 0.25) is 0 Å². The number of rotatable bonds is 6. The van der Waals surface area contributed by atoms with Crippen molar-refractivity contribution < 1.29 is 18.8 Å². The Labute approximate surface area is 223 Å². The molecule has 0 spiro atoms. The zero-order valence-corrected chi connectivity index (χ0v) is 22.2. The fourth-order valence-electron chi connectivity index (χ4n) is 4.64. The van der Waals surface area contributed by atoms with Crippen LogP contribution in [0, 0.1) is 13.8 Å². The zero-order chi connectivity index (χ0) is 27.8. The van der Waals surface area contributed by atoms with Gasteiger partial charge in [0.1, 0.15) is 11.5 Å². The molecule has 0 atom stereocenters. The molecule has 39 heavy (non-hydrogen) atoms. The number of amides is 2. The molecule has 2 aromatic carbocycles. The summed E-state index contributed by atoms with van der Waals surface area (Å²) >= 11 is 0. The molecular formula is C29H27N5O5. The van der Waals surface area contributed by atoms with Crippen LogP contribution in [-0.4, -0.2) is 40.1 Å². The van der Waals surface area contributed by atoms with E-state index in [0.29, 0.717) is 45.1 Å². The largest absolute Gasteiger partial charge is 0.496 e. The molecule has 0 aliphatic heterocycles. The second kappa shape index (κ2) is 9.97. The van der Waals surface area contributed by atoms with Crippen molar-refractivity contribution in [3.8, 4) is 28.0 Å². The van der Waals surface area contributed by atoms with Gasteiger partial charge in [-0.05, 0) is 55.8 Å². The third kappa shape index (κ3) is 4.68. The Kier molecular flexibility index (Phi) is 6.53. The van der Waals surface area contributed by atoms with Gasteiger partial charge in [0.05, 0.1) is 23.9 Å². The van der Waals surface area contributed by atoms with Crippen LogP contribution in [0.2, 0.25) is 0 Å². The van der Waals surface area contributed by atoms with E-state index in [-0.39, 0.29) is 17.2 Å². The van der Waals surface area contributed by atoms with Gasteiger partial charge in [-0.2, -0.15) is 4.74 Å². The van der Waals surface area contributed by atoms with Crippen LogP contribution < -0.4 is 20.9 Å². The van der Waals surface area contributed by atoms with E-state index in [1.807, 2.05) is 41.9 Å². The number of carbonyl (C=O) groups is 2. The van der Waals surface area contributed by atoms with Gasteiger partial charge in [0.15, 0.2) is 5.69 Å². The molecule has 5 aromatic rings. The van der Waals surface area contributed by atoms with Crippen LogP contribution in [0.1, 0.15) is 32.3 Å². The summed E-state index contributed by atoms with van der Waals surface area (Å²) in [6.07, 6.45) is 3.73. The molecule has 10 nitrogen and oxygen atoms in total. The van der Waals surface area contributed by atoms with Crippen molar-refractivity contribution >= 4 is 23.0 Å². The molecule has 5 rings (SSSR count). The summed E-state index contributed by atoms with van der Waals surface area (Å²) < 4.78 is 14.2. The summed E-state index contributed by atoms with van der Waals surface area (Å²) in [4.78, 5) is 42.4. The van der Waals surface area contributed by atoms with E-state index in [0.717, 1.165) is 11.1 Å². The molecule has 0 aliphatic rings. The van der Waals surface area contributed by atoms with Crippen LogP contribution >= 0.6 is 0 Å². The van der Waals surface area contributed by atoms with Crippen LogP contribution in [0.3, 0.4) is 0 Å². The summed E-state index contributed by atoms with van der Waals surface area (Å²) in [5.74, 6) is 0.426. The first-order chi connectivity index (χ1) is 18.7. The molecule has 0 unspecified atom stereocenters. The molecule has 0 radical (unpaired) electrons. The number of carbonyl (C=O) groups excluding carboxylic acids is 2. The van der Waals surface area contributed by atoms with Crippen LogP contribution in [-0.2, 0) is 7.05 Å². The summed E-state index contributed by atoms with van der Waals surface area (Å²) in [6, 6.07) is 14.1. The first-order valence-corrected chi connectivity index (χ1v) is 12.2. The highest BCUT2D eigenvalue weighted by Gasteiger charge is 2.20. The minimum Gasteiger partial charge on any atom is -0.496 e. The molecule has 0 aliphatic carbocycles. The predicted molar refractivity (Wildman–Crippen MR) is 147 cm³/mol. The van der Waals surface area contributed by atoms with Gasteiger partial charge in [0.25, 0.3) is 17.4 Å². The Morgan fingerprint density at radius 2 is 1.79 bits per heavy atom. The van der Waals surface area contributed by atoms with Gasteiger partial charge < -0.3 is 24.3 Å². The second-order valence-corrected chi connectivity index (χ2v) is 9.11. The van der Waals surface area contributed by atoms with Crippen molar-refractivity contribution in [1.82, 2.24) is 19.4 Å². The van der Waals surface area contributed by atoms with E-state index in [9.17, 15) is 14.4 Å². The van der Waals surface area contributed by atoms with Gasteiger partial charge in [0, 0.05) is 48.9 Å². The highest BCUT2D eigenvalue weighted by atomic mass is 16.5. The molecule has 10 heteroatoms. The average molecular weight is 526 g/mol. The minimum absolute atomic E-state index is 0.227. The summed E-state index contributed by atoms with van der Waals surface area (Å²) in [6.45, 7) is 3.56. The molecule has 3 aromatic heterocycles. The van der Waals surface area contributed by atoms with Crippen molar-refractivity contribution in [2.45, 2.75) is 13.8 Å². The van der Waals surface area contributed by atoms with Crippen molar-refractivity contribution in [2.24, 2.45) is 7.05 Å². The maximum Gasteiger partial charge on any atom is 0.290 e. The van der Waals surface area contributed by atoms with Crippen molar-refractivity contribution in [3.05, 3.63) is 94.0 Å². The van der Waals surface area contributed by atoms with Gasteiger partial charge in [-0.3, -0.25) is 14.4 Å². The fraction of sp³-hybridized carbons (Fsp3) is 0.172. The number of hydrogen-bond donors (Lipinski definition) is 2. The molecule has 0 saturated heterocycles. The van der Waals surface area contributed by atoms with Crippen molar-refractivity contribution in [2.75, 3.05) is 19.5 Å². The third-order valence-electron chi connectivity index (χ3n) is 6.46. The van der Waals surface area contributed by atoms with Crippen molar-refractivity contribution in [3.63, 3.8) is 0 Å². The number of hydrogen-bond acceptors (Lipinski definition) is 6. The first-order valence-electron chi connectivity index (χ1n) is 12.2. The van der Waals surface area contributed by atoms with Gasteiger partial charge in [-0.15, -0.1) is 0 Å². The lowest BCUT2D eigenvalue weighted by atomic mass is 10.0. The lowest BCUT2D eigenvalue weighted by Gasteiger charge is -2.09. The maximum atomic E-state index is 13.3. The van der Waals surface area contributed by atoms with Gasteiger partial charge in [-0.25, -0.2) is 4.98 Å². The molecular weight excluding hydrogens is 498 g/mol. The molecule has 3 heterocycles. The topological polar surface area (TPSA) is 120 Å². The SMILES string of the molecule is CNC(=O)c1cccc(NC(=O)c2nc(C)cn3cc(-c4ccc(-c5c(C)on(C)c5=O)cc4OC)cc23)c1. The molecule has 2 N–H and O–H groups in total. The van der Waals surface area contributed by atoms with E-state index < -0.39 is 5.91 Å². The highest BCUT2D eigenvalue weighted by molar-refractivity contribution is 6.08. The monoisotopic (exact) mass is 525 g/mol. The number of aromatic nitrogens is 3. The molecule has 198 valence electrons. The van der Waals surface area contributed by atoms with Gasteiger partial charge in [-0.1, -0.05) is 12.1 Å². The average Bonchev–Trinajstić information content (AvgIpc) is 3.46. The minimum atomic E-state index is -0.406. The number of fused-ring (bicyclic) bond motifs is 1.